The zero-order valence-electron chi connectivity index (χ0n) is 14.5. The fourth-order valence-electron chi connectivity index (χ4n) is 2.84. The minimum atomic E-state index is -0.366. The van der Waals surface area contributed by atoms with E-state index in [0.717, 1.165) is 11.0 Å². The molecule has 1 atom stereocenters. The molecule has 0 radical (unpaired) electrons. The quantitative estimate of drug-likeness (QED) is 0.739. The molecule has 2 aromatic carbocycles. The average Bonchev–Trinajstić information content (AvgIpc) is 2.95. The van der Waals surface area contributed by atoms with E-state index in [1.54, 1.807) is 4.57 Å². The first kappa shape index (κ1) is 17.6. The van der Waals surface area contributed by atoms with Crippen molar-refractivity contribution in [2.24, 2.45) is 0 Å². The van der Waals surface area contributed by atoms with Gasteiger partial charge < -0.3 is 15.2 Å². The van der Waals surface area contributed by atoms with Crippen LogP contribution in [0.4, 0.5) is 10.1 Å². The Morgan fingerprint density at radius 3 is 2.54 bits per heavy atom. The van der Waals surface area contributed by atoms with E-state index in [-0.39, 0.29) is 30.2 Å². The van der Waals surface area contributed by atoms with Crippen molar-refractivity contribution < 1.29 is 14.0 Å². The van der Waals surface area contributed by atoms with Crippen molar-refractivity contribution in [1.29, 1.82) is 0 Å². The summed E-state index contributed by atoms with van der Waals surface area (Å²) in [6.45, 7) is 3.28. The Morgan fingerprint density at radius 1 is 1.15 bits per heavy atom. The number of carbonyl (C=O) groups excluding carboxylic acids is 2. The van der Waals surface area contributed by atoms with Gasteiger partial charge in [-0.1, -0.05) is 12.1 Å². The Kier molecular flexibility index (Phi) is 4.97. The molecule has 3 rings (SSSR count). The van der Waals surface area contributed by atoms with Crippen LogP contribution in [0.25, 0.3) is 11.0 Å². The van der Waals surface area contributed by atoms with E-state index < -0.39 is 0 Å². The van der Waals surface area contributed by atoms with Crippen molar-refractivity contribution >= 4 is 28.5 Å². The molecule has 0 fully saturated rings. The van der Waals surface area contributed by atoms with E-state index in [1.807, 2.05) is 31.2 Å². The molecule has 2 amide bonds. The molecule has 1 aromatic heterocycles. The first-order valence-electron chi connectivity index (χ1n) is 8.21. The molecule has 3 aromatic rings. The van der Waals surface area contributed by atoms with Crippen molar-refractivity contribution in [2.75, 3.05) is 5.32 Å². The highest BCUT2D eigenvalue weighted by atomic mass is 19.1. The first-order chi connectivity index (χ1) is 12.4. The second-order valence-electron chi connectivity index (χ2n) is 6.02. The van der Waals surface area contributed by atoms with Crippen LogP contribution in [-0.2, 0) is 16.1 Å². The molecule has 134 valence electrons. The molecular formula is C19H19FN4O2. The molecule has 26 heavy (non-hydrogen) atoms. The fraction of sp³-hybridized carbons (Fsp3) is 0.211. The number of hydrogen-bond acceptors (Lipinski definition) is 3. The highest BCUT2D eigenvalue weighted by molar-refractivity contribution is 5.91. The molecule has 0 saturated heterocycles. The number of benzene rings is 2. The number of nitrogens with one attached hydrogen (secondary N) is 2. The van der Waals surface area contributed by atoms with Gasteiger partial charge in [0.05, 0.1) is 17.1 Å². The van der Waals surface area contributed by atoms with Gasteiger partial charge in [-0.15, -0.1) is 0 Å². The lowest BCUT2D eigenvalue weighted by atomic mass is 10.3. The maximum atomic E-state index is 13.0. The van der Waals surface area contributed by atoms with E-state index >= 15 is 0 Å². The number of para-hydroxylation sites is 2. The molecule has 0 spiro atoms. The summed E-state index contributed by atoms with van der Waals surface area (Å²) in [6.07, 6.45) is 0. The summed E-state index contributed by atoms with van der Waals surface area (Å²) in [4.78, 5) is 28.4. The zero-order valence-corrected chi connectivity index (χ0v) is 14.5. The van der Waals surface area contributed by atoms with Crippen LogP contribution in [0.15, 0.2) is 48.5 Å². The van der Waals surface area contributed by atoms with Gasteiger partial charge in [0.25, 0.3) is 0 Å². The minimum Gasteiger partial charge on any atom is -0.347 e. The van der Waals surface area contributed by atoms with Crippen LogP contribution < -0.4 is 10.6 Å². The van der Waals surface area contributed by atoms with Crippen molar-refractivity contribution in [3.8, 4) is 0 Å². The molecule has 0 aliphatic carbocycles. The third-order valence-corrected chi connectivity index (χ3v) is 3.92. The summed E-state index contributed by atoms with van der Waals surface area (Å²) in [6, 6.07) is 12.7. The molecule has 1 unspecified atom stereocenters. The fourth-order valence-corrected chi connectivity index (χ4v) is 2.84. The molecule has 0 bridgehead atoms. The lowest BCUT2D eigenvalue weighted by molar-refractivity contribution is -0.119. The minimum absolute atomic E-state index is 0.0249. The Balaban J connectivity index is 1.88. The maximum Gasteiger partial charge on any atom is 0.244 e. The van der Waals surface area contributed by atoms with E-state index in [1.165, 1.54) is 31.2 Å². The molecule has 0 aliphatic heterocycles. The molecular weight excluding hydrogens is 335 g/mol. The van der Waals surface area contributed by atoms with E-state index in [9.17, 15) is 14.0 Å². The Bertz CT molecular complexity index is 950. The van der Waals surface area contributed by atoms with Gasteiger partial charge in [0.15, 0.2) is 0 Å². The van der Waals surface area contributed by atoms with Gasteiger partial charge in [-0.3, -0.25) is 9.59 Å². The van der Waals surface area contributed by atoms with Crippen molar-refractivity contribution in [3.63, 3.8) is 0 Å². The lowest BCUT2D eigenvalue weighted by Crippen LogP contribution is -2.28. The third-order valence-electron chi connectivity index (χ3n) is 3.92. The summed E-state index contributed by atoms with van der Waals surface area (Å²) in [7, 11) is 0. The number of fused-ring (bicyclic) bond motifs is 1. The number of aromatic nitrogens is 2. The van der Waals surface area contributed by atoms with Crippen LogP contribution >= 0.6 is 0 Å². The van der Waals surface area contributed by atoms with Crippen molar-refractivity contribution in [2.45, 2.75) is 26.4 Å². The Labute approximate surface area is 150 Å². The normalized spacial score (nSPS) is 12.0. The van der Waals surface area contributed by atoms with Gasteiger partial charge in [0.1, 0.15) is 18.2 Å². The highest BCUT2D eigenvalue weighted by Crippen LogP contribution is 2.21. The van der Waals surface area contributed by atoms with E-state index in [2.05, 4.69) is 15.6 Å². The van der Waals surface area contributed by atoms with Crippen LogP contribution in [0.5, 0.6) is 0 Å². The maximum absolute atomic E-state index is 13.0. The number of anilines is 1. The number of hydrogen-bond donors (Lipinski definition) is 2. The number of amides is 2. The molecule has 1 heterocycles. The summed E-state index contributed by atoms with van der Waals surface area (Å²) >= 11 is 0. The number of carbonyl (C=O) groups is 2. The second-order valence-corrected chi connectivity index (χ2v) is 6.02. The predicted molar refractivity (Wildman–Crippen MR) is 97.0 cm³/mol. The second kappa shape index (κ2) is 7.35. The highest BCUT2D eigenvalue weighted by Gasteiger charge is 2.19. The van der Waals surface area contributed by atoms with Gasteiger partial charge in [-0.2, -0.15) is 0 Å². The molecule has 0 aliphatic rings. The third kappa shape index (κ3) is 3.88. The summed E-state index contributed by atoms with van der Waals surface area (Å²) in [5, 5.41) is 5.53. The lowest BCUT2D eigenvalue weighted by Gasteiger charge is -2.15. The van der Waals surface area contributed by atoms with Gasteiger partial charge in [0.2, 0.25) is 11.8 Å². The van der Waals surface area contributed by atoms with Crippen LogP contribution in [0.3, 0.4) is 0 Å². The first-order valence-corrected chi connectivity index (χ1v) is 8.21. The molecule has 0 saturated carbocycles. The van der Waals surface area contributed by atoms with Crippen LogP contribution in [0, 0.1) is 5.82 Å². The van der Waals surface area contributed by atoms with Crippen molar-refractivity contribution in [1.82, 2.24) is 14.9 Å². The van der Waals surface area contributed by atoms with Gasteiger partial charge in [-0.25, -0.2) is 9.37 Å². The largest absolute Gasteiger partial charge is 0.347 e. The molecule has 2 N–H and O–H groups in total. The topological polar surface area (TPSA) is 76.0 Å². The van der Waals surface area contributed by atoms with Gasteiger partial charge in [0, 0.05) is 12.6 Å². The van der Waals surface area contributed by atoms with Crippen molar-refractivity contribution in [3.05, 3.63) is 60.2 Å². The molecule has 6 nitrogen and oxygen atoms in total. The number of rotatable bonds is 5. The summed E-state index contributed by atoms with van der Waals surface area (Å²) in [5.41, 5.74) is 2.06. The smallest absolute Gasteiger partial charge is 0.244 e. The van der Waals surface area contributed by atoms with E-state index in [0.29, 0.717) is 11.5 Å². The van der Waals surface area contributed by atoms with Crippen LogP contribution in [0.2, 0.25) is 0 Å². The van der Waals surface area contributed by atoms with E-state index in [4.69, 9.17) is 0 Å². The summed E-state index contributed by atoms with van der Waals surface area (Å²) in [5.74, 6) is -0.214. The molecule has 7 heteroatoms. The summed E-state index contributed by atoms with van der Waals surface area (Å²) < 4.78 is 14.8. The monoisotopic (exact) mass is 354 g/mol. The Hall–Kier alpha value is -3.22. The SMILES string of the molecule is CC(=O)NC(C)c1nc2ccccc2n1CC(=O)Nc1ccc(F)cc1. The Morgan fingerprint density at radius 2 is 1.85 bits per heavy atom. The van der Waals surface area contributed by atoms with Crippen LogP contribution in [-0.4, -0.2) is 21.4 Å². The number of imidazole rings is 1. The number of nitrogens with zero attached hydrogens (tertiary/aromatic N) is 2. The van der Waals surface area contributed by atoms with Crippen LogP contribution in [0.1, 0.15) is 25.7 Å². The predicted octanol–water partition coefficient (Wildman–Crippen LogP) is 3.01. The standard InChI is InChI=1S/C19H19FN4O2/c1-12(21-13(2)25)19-23-16-5-3-4-6-17(16)24(19)11-18(26)22-15-9-7-14(20)8-10-15/h3-10,12H,11H2,1-2H3,(H,21,25)(H,22,26). The van der Waals surface area contributed by atoms with Gasteiger partial charge >= 0.3 is 0 Å². The van der Waals surface area contributed by atoms with Gasteiger partial charge in [-0.05, 0) is 43.3 Å². The zero-order chi connectivity index (χ0) is 18.7. The average molecular weight is 354 g/mol. The number of halogens is 1.